The zero-order chi connectivity index (χ0) is 15.8. The number of nitrogens with zero attached hydrogens (tertiary/aromatic N) is 2. The lowest BCUT2D eigenvalue weighted by Gasteiger charge is -2.30. The van der Waals surface area contributed by atoms with E-state index in [0.717, 1.165) is 19.4 Å². The van der Waals surface area contributed by atoms with Crippen molar-refractivity contribution in [3.05, 3.63) is 48.8 Å². The molecule has 0 spiro atoms. The molecule has 1 N–H and O–H groups in total. The van der Waals surface area contributed by atoms with Gasteiger partial charge in [0.05, 0.1) is 4.90 Å². The van der Waals surface area contributed by atoms with Crippen molar-refractivity contribution >= 4 is 10.0 Å². The molecule has 1 aromatic rings. The molecule has 0 amide bonds. The molecule has 0 bridgehead atoms. The van der Waals surface area contributed by atoms with Crippen molar-refractivity contribution in [1.29, 1.82) is 0 Å². The zero-order valence-electron chi connectivity index (χ0n) is 12.9. The van der Waals surface area contributed by atoms with E-state index < -0.39 is 10.0 Å². The van der Waals surface area contributed by atoms with E-state index in [4.69, 9.17) is 0 Å². The average Bonchev–Trinajstić information content (AvgIpc) is 2.48. The van der Waals surface area contributed by atoms with E-state index >= 15 is 0 Å². The minimum absolute atomic E-state index is 0.0592. The van der Waals surface area contributed by atoms with Crippen LogP contribution in [0.4, 0.5) is 0 Å². The summed E-state index contributed by atoms with van der Waals surface area (Å²) in [5, 5.41) is 3.30. The molecule has 0 aliphatic carbocycles. The van der Waals surface area contributed by atoms with Gasteiger partial charge in [0.2, 0.25) is 10.0 Å². The molecule has 1 fully saturated rings. The van der Waals surface area contributed by atoms with Gasteiger partial charge in [-0.3, -0.25) is 4.98 Å². The SMILES string of the molecule is C[C@@H]1CNCCCCN1S(=O)(=O)c1ccccncccc1. The Labute approximate surface area is 132 Å². The van der Waals surface area contributed by atoms with E-state index in [-0.39, 0.29) is 6.04 Å². The highest BCUT2D eigenvalue weighted by Crippen LogP contribution is 2.18. The normalized spacial score (nSPS) is 20.5. The van der Waals surface area contributed by atoms with E-state index in [9.17, 15) is 8.42 Å². The fourth-order valence-corrected chi connectivity index (χ4v) is 4.11. The van der Waals surface area contributed by atoms with Crippen LogP contribution in [-0.2, 0) is 10.0 Å². The third-order valence-corrected chi connectivity index (χ3v) is 5.64. The summed E-state index contributed by atoms with van der Waals surface area (Å²) < 4.78 is 27.5. The highest BCUT2D eigenvalue weighted by molar-refractivity contribution is 7.89. The largest absolute Gasteiger partial charge is 0.315 e. The first-order chi connectivity index (χ1) is 10.6. The topological polar surface area (TPSA) is 62.3 Å². The molecular weight excluding hydrogens is 298 g/mol. The summed E-state index contributed by atoms with van der Waals surface area (Å²) in [6, 6.07) is 10.0. The van der Waals surface area contributed by atoms with Gasteiger partial charge in [0, 0.05) is 31.5 Å². The molecule has 0 radical (unpaired) electrons. The second-order valence-corrected chi connectivity index (χ2v) is 7.22. The molecule has 0 saturated carbocycles. The molecule has 5 nitrogen and oxygen atoms in total. The van der Waals surface area contributed by atoms with Gasteiger partial charge >= 0.3 is 0 Å². The van der Waals surface area contributed by atoms with Crippen LogP contribution in [0, 0.1) is 0 Å². The average molecular weight is 321 g/mol. The number of sulfonamides is 1. The molecule has 0 aromatic carbocycles. The summed E-state index contributed by atoms with van der Waals surface area (Å²) in [5.74, 6) is 0. The smallest absolute Gasteiger partial charge is 0.243 e. The van der Waals surface area contributed by atoms with Crippen LogP contribution < -0.4 is 5.32 Å². The molecule has 0 unspecified atom stereocenters. The molecule has 1 aromatic heterocycles. The maximum Gasteiger partial charge on any atom is 0.243 e. The maximum atomic E-state index is 13.0. The quantitative estimate of drug-likeness (QED) is 0.904. The Kier molecular flexibility index (Phi) is 6.30. The highest BCUT2D eigenvalue weighted by atomic mass is 32.2. The van der Waals surface area contributed by atoms with Crippen molar-refractivity contribution in [2.75, 3.05) is 19.6 Å². The molecule has 1 aliphatic heterocycles. The number of nitrogens with one attached hydrogen (secondary N) is 1. The maximum absolute atomic E-state index is 13.0. The molecule has 1 aliphatic rings. The Hall–Kier alpha value is -1.50. The molecule has 2 heterocycles. The van der Waals surface area contributed by atoms with E-state index in [2.05, 4.69) is 10.3 Å². The second kappa shape index (κ2) is 8.22. The highest BCUT2D eigenvalue weighted by Gasteiger charge is 2.28. The van der Waals surface area contributed by atoms with Crippen molar-refractivity contribution in [2.24, 2.45) is 0 Å². The van der Waals surface area contributed by atoms with Crippen LogP contribution >= 0.6 is 0 Å². The molecule has 120 valence electrons. The van der Waals surface area contributed by atoms with E-state index in [1.165, 1.54) is 0 Å². The molecule has 1 saturated heterocycles. The minimum Gasteiger partial charge on any atom is -0.315 e. The van der Waals surface area contributed by atoms with Crippen molar-refractivity contribution in [3.63, 3.8) is 0 Å². The predicted molar refractivity (Wildman–Crippen MR) is 87.3 cm³/mol. The zero-order valence-corrected chi connectivity index (χ0v) is 13.7. The van der Waals surface area contributed by atoms with Crippen molar-refractivity contribution in [2.45, 2.75) is 30.7 Å². The van der Waals surface area contributed by atoms with E-state index in [1.54, 1.807) is 53.1 Å². The molecular formula is C16H23N3O2S. The van der Waals surface area contributed by atoms with Gasteiger partial charge in [-0.1, -0.05) is 12.1 Å². The van der Waals surface area contributed by atoms with Crippen LogP contribution in [-0.4, -0.2) is 43.4 Å². The monoisotopic (exact) mass is 321 g/mol. The van der Waals surface area contributed by atoms with Gasteiger partial charge in [0.1, 0.15) is 0 Å². The number of aromatic nitrogens is 1. The summed E-state index contributed by atoms with van der Waals surface area (Å²) in [4.78, 5) is 4.31. The third kappa shape index (κ3) is 4.50. The van der Waals surface area contributed by atoms with Gasteiger partial charge in [-0.25, -0.2) is 8.42 Å². The van der Waals surface area contributed by atoms with Gasteiger partial charge in [-0.15, -0.1) is 0 Å². The van der Waals surface area contributed by atoms with Crippen LogP contribution in [0.5, 0.6) is 0 Å². The van der Waals surface area contributed by atoms with Crippen LogP contribution in [0.2, 0.25) is 0 Å². The Morgan fingerprint density at radius 1 is 1.14 bits per heavy atom. The Bertz CT molecular complexity index is 608. The summed E-state index contributed by atoms with van der Waals surface area (Å²) >= 11 is 0. The standard InChI is InChI=1S/C16H23N3O2S/c1-15-14-18-12-6-7-13-19(15)22(20,21)16-8-2-4-10-17-11-5-3-9-16/h2-5,8-11,15,18H,6-7,12-14H2,1H3/t15-/m1/s1. The lowest BCUT2D eigenvalue weighted by atomic mass is 10.2. The molecule has 6 heteroatoms. The van der Waals surface area contributed by atoms with Gasteiger partial charge in [-0.05, 0) is 50.6 Å². The first-order valence-electron chi connectivity index (χ1n) is 7.58. The van der Waals surface area contributed by atoms with Crippen LogP contribution in [0.3, 0.4) is 0 Å². The summed E-state index contributed by atoms with van der Waals surface area (Å²) in [7, 11) is -3.50. The van der Waals surface area contributed by atoms with E-state index in [0.29, 0.717) is 18.0 Å². The lowest BCUT2D eigenvalue weighted by molar-refractivity contribution is 0.301. The van der Waals surface area contributed by atoms with Crippen LogP contribution in [0.1, 0.15) is 19.8 Å². The van der Waals surface area contributed by atoms with Crippen molar-refractivity contribution in [1.82, 2.24) is 14.6 Å². The van der Waals surface area contributed by atoms with Gasteiger partial charge < -0.3 is 5.32 Å². The Morgan fingerprint density at radius 2 is 1.82 bits per heavy atom. The first-order valence-corrected chi connectivity index (χ1v) is 9.02. The lowest BCUT2D eigenvalue weighted by Crippen LogP contribution is -2.46. The van der Waals surface area contributed by atoms with Gasteiger partial charge in [0.15, 0.2) is 0 Å². The first kappa shape index (κ1) is 16.9. The predicted octanol–water partition coefficient (Wildman–Crippen LogP) is 1.97. The Balaban J connectivity index is 2.39. The fraction of sp³-hybridized carbons (Fsp3) is 0.438. The van der Waals surface area contributed by atoms with Crippen molar-refractivity contribution in [3.8, 4) is 0 Å². The number of rotatable bonds is 2. The van der Waals surface area contributed by atoms with Gasteiger partial charge in [-0.2, -0.15) is 4.31 Å². The van der Waals surface area contributed by atoms with E-state index in [1.807, 2.05) is 6.92 Å². The Morgan fingerprint density at radius 3 is 2.50 bits per heavy atom. The molecule has 2 rings (SSSR count). The van der Waals surface area contributed by atoms with Crippen molar-refractivity contribution < 1.29 is 8.42 Å². The fourth-order valence-electron chi connectivity index (χ4n) is 2.42. The van der Waals surface area contributed by atoms with Gasteiger partial charge in [0.25, 0.3) is 0 Å². The summed E-state index contributed by atoms with van der Waals surface area (Å²) in [6.07, 6.45) is 5.11. The van der Waals surface area contributed by atoms with Crippen LogP contribution in [0.25, 0.3) is 0 Å². The van der Waals surface area contributed by atoms with Crippen LogP contribution in [0.15, 0.2) is 53.7 Å². The summed E-state index contributed by atoms with van der Waals surface area (Å²) in [6.45, 7) is 4.15. The minimum atomic E-state index is -3.50. The number of hydrogen-bond donors (Lipinski definition) is 1. The third-order valence-electron chi connectivity index (χ3n) is 3.61. The number of hydrogen-bond acceptors (Lipinski definition) is 4. The molecule has 1 atom stereocenters. The second-order valence-electron chi connectivity index (χ2n) is 5.33. The summed E-state index contributed by atoms with van der Waals surface area (Å²) in [5.41, 5.74) is 0. The molecule has 22 heavy (non-hydrogen) atoms.